The van der Waals surface area contributed by atoms with Gasteiger partial charge in [-0.05, 0) is 42.8 Å². The van der Waals surface area contributed by atoms with E-state index < -0.39 is 34.5 Å². The van der Waals surface area contributed by atoms with E-state index >= 15 is 0 Å². The van der Waals surface area contributed by atoms with E-state index in [4.69, 9.17) is 14.2 Å². The number of carbonyl (C=O) groups excluding carboxylic acids is 3. The number of anilines is 1. The van der Waals surface area contributed by atoms with Crippen LogP contribution in [0.2, 0.25) is 0 Å². The highest BCUT2D eigenvalue weighted by atomic mass is 32.2. The second-order valence-corrected chi connectivity index (χ2v) is 8.55. The number of carbonyl (C=O) groups is 3. The molecule has 12 heteroatoms. The van der Waals surface area contributed by atoms with Crippen LogP contribution in [-0.2, 0) is 19.6 Å². The first-order valence-electron chi connectivity index (χ1n) is 10.1. The number of rotatable bonds is 8. The van der Waals surface area contributed by atoms with Crippen molar-refractivity contribution in [1.29, 1.82) is 0 Å². The highest BCUT2D eigenvalue weighted by Gasteiger charge is 2.20. The van der Waals surface area contributed by atoms with E-state index in [0.29, 0.717) is 37.7 Å². The van der Waals surface area contributed by atoms with Gasteiger partial charge in [0.15, 0.2) is 18.1 Å². The summed E-state index contributed by atoms with van der Waals surface area (Å²) in [7, 11) is -3.91. The first-order valence-corrected chi connectivity index (χ1v) is 11.5. The summed E-state index contributed by atoms with van der Waals surface area (Å²) in [6, 6.07) is 9.06. The second kappa shape index (κ2) is 10.7. The number of nitrogens with one attached hydrogen (secondary N) is 3. The van der Waals surface area contributed by atoms with Gasteiger partial charge in [0.05, 0.1) is 10.5 Å². The summed E-state index contributed by atoms with van der Waals surface area (Å²) in [6.07, 6.45) is 0.708. The van der Waals surface area contributed by atoms with Gasteiger partial charge in [-0.2, -0.15) is 0 Å². The van der Waals surface area contributed by atoms with Gasteiger partial charge < -0.3 is 19.5 Å². The predicted molar refractivity (Wildman–Crippen MR) is 117 cm³/mol. The normalized spacial score (nSPS) is 12.4. The Hall–Kier alpha value is -3.80. The van der Waals surface area contributed by atoms with E-state index in [1.54, 1.807) is 0 Å². The average molecular weight is 477 g/mol. The molecule has 1 aliphatic rings. The molecule has 0 unspecified atom stereocenters. The lowest BCUT2D eigenvalue weighted by molar-refractivity contribution is -0.123. The second-order valence-electron chi connectivity index (χ2n) is 6.87. The zero-order valence-electron chi connectivity index (χ0n) is 17.8. The van der Waals surface area contributed by atoms with Crippen molar-refractivity contribution in [3.05, 3.63) is 48.0 Å². The number of hydrogen-bond donors (Lipinski definition) is 3. The summed E-state index contributed by atoms with van der Waals surface area (Å²) in [5.41, 5.74) is 0.312. The third-order valence-corrected chi connectivity index (χ3v) is 5.70. The Balaban J connectivity index is 1.55. The molecular weight excluding hydrogens is 454 g/mol. The molecule has 3 rings (SSSR count). The fraction of sp³-hybridized carbons (Fsp3) is 0.286. The fourth-order valence-electron chi connectivity index (χ4n) is 2.74. The van der Waals surface area contributed by atoms with Crippen molar-refractivity contribution < 1.29 is 37.0 Å². The van der Waals surface area contributed by atoms with Crippen LogP contribution < -0.4 is 24.8 Å². The van der Waals surface area contributed by atoms with Crippen LogP contribution in [0, 0.1) is 0 Å². The number of esters is 1. The minimum atomic E-state index is -3.91. The van der Waals surface area contributed by atoms with E-state index in [1.165, 1.54) is 42.5 Å². The van der Waals surface area contributed by atoms with Crippen molar-refractivity contribution in [3.63, 3.8) is 0 Å². The zero-order valence-corrected chi connectivity index (χ0v) is 18.6. The van der Waals surface area contributed by atoms with Crippen LogP contribution in [0.3, 0.4) is 0 Å². The largest absolute Gasteiger partial charge is 0.486 e. The Morgan fingerprint density at radius 3 is 2.39 bits per heavy atom. The van der Waals surface area contributed by atoms with Gasteiger partial charge in [-0.1, -0.05) is 6.92 Å². The van der Waals surface area contributed by atoms with Gasteiger partial charge in [0.25, 0.3) is 15.9 Å². The lowest BCUT2D eigenvalue weighted by atomic mass is 10.2. The molecule has 0 radical (unpaired) electrons. The first kappa shape index (κ1) is 23.9. The Kier molecular flexibility index (Phi) is 7.72. The van der Waals surface area contributed by atoms with Crippen molar-refractivity contribution in [3.8, 4) is 11.5 Å². The lowest BCUT2D eigenvalue weighted by Crippen LogP contribution is -2.41. The van der Waals surface area contributed by atoms with Gasteiger partial charge in [-0.3, -0.25) is 14.8 Å². The molecule has 0 aromatic heterocycles. The molecule has 3 amide bonds. The van der Waals surface area contributed by atoms with Crippen molar-refractivity contribution >= 4 is 33.6 Å². The molecular formula is C21H23N3O8S. The number of hydrogen-bond acceptors (Lipinski definition) is 8. The topological polar surface area (TPSA) is 149 Å². The Morgan fingerprint density at radius 1 is 1.00 bits per heavy atom. The zero-order chi connectivity index (χ0) is 23.8. The van der Waals surface area contributed by atoms with Crippen molar-refractivity contribution in [1.82, 2.24) is 10.6 Å². The van der Waals surface area contributed by atoms with Crippen LogP contribution in [0.5, 0.6) is 11.5 Å². The third kappa shape index (κ3) is 6.59. The van der Waals surface area contributed by atoms with Gasteiger partial charge in [0.1, 0.15) is 13.2 Å². The van der Waals surface area contributed by atoms with Crippen LogP contribution in [0.25, 0.3) is 0 Å². The van der Waals surface area contributed by atoms with Crippen LogP contribution in [0.1, 0.15) is 23.7 Å². The molecule has 0 saturated carbocycles. The maximum absolute atomic E-state index is 12.7. The lowest BCUT2D eigenvalue weighted by Gasteiger charge is -2.19. The van der Waals surface area contributed by atoms with Gasteiger partial charge in [-0.25, -0.2) is 18.0 Å². The van der Waals surface area contributed by atoms with Gasteiger partial charge in [0, 0.05) is 18.3 Å². The Morgan fingerprint density at radius 2 is 1.70 bits per heavy atom. The van der Waals surface area contributed by atoms with Crippen LogP contribution in [0.15, 0.2) is 47.4 Å². The number of fused-ring (bicyclic) bond motifs is 1. The maximum Gasteiger partial charge on any atom is 0.338 e. The molecule has 176 valence electrons. The van der Waals surface area contributed by atoms with E-state index in [-0.39, 0.29) is 16.1 Å². The van der Waals surface area contributed by atoms with Crippen molar-refractivity contribution in [2.75, 3.05) is 31.1 Å². The molecule has 0 saturated heterocycles. The number of benzene rings is 2. The highest BCUT2D eigenvalue weighted by molar-refractivity contribution is 7.92. The monoisotopic (exact) mass is 477 g/mol. The molecule has 0 spiro atoms. The van der Waals surface area contributed by atoms with Crippen molar-refractivity contribution in [2.24, 2.45) is 0 Å². The van der Waals surface area contributed by atoms with E-state index in [1.807, 2.05) is 12.2 Å². The van der Waals surface area contributed by atoms with Gasteiger partial charge >= 0.3 is 12.0 Å². The molecule has 0 fully saturated rings. The van der Waals surface area contributed by atoms with Gasteiger partial charge in [0.2, 0.25) is 0 Å². The predicted octanol–water partition coefficient (Wildman–Crippen LogP) is 1.65. The number of ether oxygens (including phenoxy) is 3. The summed E-state index contributed by atoms with van der Waals surface area (Å²) in [5, 5.41) is 4.48. The number of amides is 3. The Bertz CT molecular complexity index is 1130. The van der Waals surface area contributed by atoms with Crippen LogP contribution in [0.4, 0.5) is 10.5 Å². The molecule has 1 heterocycles. The Labute approximate surface area is 190 Å². The smallest absolute Gasteiger partial charge is 0.338 e. The SMILES string of the molecule is CCCNC(=O)NC(=O)COC(=O)c1ccc(NS(=O)(=O)c2ccc3c(c2)OCCO3)cc1. The molecule has 0 atom stereocenters. The fourth-order valence-corrected chi connectivity index (χ4v) is 3.81. The third-order valence-electron chi connectivity index (χ3n) is 4.32. The van der Waals surface area contributed by atoms with E-state index in [2.05, 4.69) is 10.0 Å². The summed E-state index contributed by atoms with van der Waals surface area (Å²) in [5.74, 6) is -0.770. The molecule has 0 aliphatic carbocycles. The maximum atomic E-state index is 12.7. The number of sulfonamides is 1. The quantitative estimate of drug-likeness (QED) is 0.486. The van der Waals surface area contributed by atoms with E-state index in [0.717, 1.165) is 0 Å². The summed E-state index contributed by atoms with van der Waals surface area (Å²) >= 11 is 0. The number of imide groups is 1. The average Bonchev–Trinajstić information content (AvgIpc) is 2.81. The molecule has 2 aromatic carbocycles. The van der Waals surface area contributed by atoms with Crippen LogP contribution in [-0.4, -0.2) is 52.7 Å². The van der Waals surface area contributed by atoms with Crippen molar-refractivity contribution in [2.45, 2.75) is 18.2 Å². The molecule has 2 aromatic rings. The molecule has 1 aliphatic heterocycles. The summed E-state index contributed by atoms with van der Waals surface area (Å²) in [6.45, 7) is 2.35. The first-order chi connectivity index (χ1) is 15.8. The van der Waals surface area contributed by atoms with E-state index in [9.17, 15) is 22.8 Å². The minimum Gasteiger partial charge on any atom is -0.486 e. The standard InChI is InChI=1S/C21H23N3O8S/c1-2-9-22-21(27)23-19(25)13-32-20(26)14-3-5-15(6-4-14)24-33(28,29)16-7-8-17-18(12-16)31-11-10-30-17/h3-8,12,24H,2,9-11,13H2,1H3,(H2,22,23,25,27). The van der Waals surface area contributed by atoms with Gasteiger partial charge in [-0.15, -0.1) is 0 Å². The molecule has 11 nitrogen and oxygen atoms in total. The summed E-state index contributed by atoms with van der Waals surface area (Å²) < 4.78 is 43.4. The molecule has 0 bridgehead atoms. The van der Waals surface area contributed by atoms with Crippen LogP contribution >= 0.6 is 0 Å². The number of urea groups is 1. The molecule has 3 N–H and O–H groups in total. The minimum absolute atomic E-state index is 0.00998. The highest BCUT2D eigenvalue weighted by Crippen LogP contribution is 2.32. The summed E-state index contributed by atoms with van der Waals surface area (Å²) in [4.78, 5) is 35.1. The molecule has 33 heavy (non-hydrogen) atoms.